The van der Waals surface area contributed by atoms with Crippen LogP contribution < -0.4 is 9.47 Å². The van der Waals surface area contributed by atoms with Crippen LogP contribution in [0.2, 0.25) is 0 Å². The van der Waals surface area contributed by atoms with Gasteiger partial charge < -0.3 is 24.2 Å². The van der Waals surface area contributed by atoms with Gasteiger partial charge in [-0.3, -0.25) is 14.5 Å². The maximum atomic E-state index is 13.4. The van der Waals surface area contributed by atoms with Crippen molar-refractivity contribution in [3.63, 3.8) is 0 Å². The second-order valence-electron chi connectivity index (χ2n) is 11.0. The van der Waals surface area contributed by atoms with Crippen molar-refractivity contribution in [3.8, 4) is 11.5 Å². The highest BCUT2D eigenvalue weighted by Gasteiger charge is 2.46. The van der Waals surface area contributed by atoms with Gasteiger partial charge in [-0.05, 0) is 41.2 Å². The minimum Gasteiger partial charge on any atom is -0.507 e. The molecule has 2 fully saturated rings. The second kappa shape index (κ2) is 10.8. The zero-order chi connectivity index (χ0) is 26.9. The Balaban J connectivity index is 1.50. The minimum absolute atomic E-state index is 0.0380. The topological polar surface area (TPSA) is 88.5 Å². The molecule has 2 aromatic rings. The Labute approximate surface area is 223 Å². The van der Waals surface area contributed by atoms with Crippen molar-refractivity contribution in [1.82, 2.24) is 9.80 Å². The molecule has 0 spiro atoms. The van der Waals surface area contributed by atoms with Gasteiger partial charge in [-0.1, -0.05) is 45.0 Å². The van der Waals surface area contributed by atoms with Crippen molar-refractivity contribution in [2.75, 3.05) is 52.6 Å². The average Bonchev–Trinajstić information content (AvgIpc) is 3.17. The molecule has 202 valence electrons. The van der Waals surface area contributed by atoms with Crippen LogP contribution in [-0.2, 0) is 19.7 Å². The maximum Gasteiger partial charge on any atom is 0.295 e. The van der Waals surface area contributed by atoms with Gasteiger partial charge in [-0.15, -0.1) is 0 Å². The van der Waals surface area contributed by atoms with Gasteiger partial charge in [0.25, 0.3) is 11.7 Å². The molecule has 3 heterocycles. The molecule has 0 unspecified atom stereocenters. The van der Waals surface area contributed by atoms with E-state index in [1.807, 2.05) is 24.3 Å². The number of fused-ring (bicyclic) bond motifs is 1. The van der Waals surface area contributed by atoms with Crippen molar-refractivity contribution in [1.29, 1.82) is 0 Å². The van der Waals surface area contributed by atoms with E-state index in [2.05, 4.69) is 25.7 Å². The Bertz CT molecular complexity index is 1220. The maximum absolute atomic E-state index is 13.4. The average molecular weight is 521 g/mol. The van der Waals surface area contributed by atoms with Gasteiger partial charge >= 0.3 is 0 Å². The van der Waals surface area contributed by atoms with Gasteiger partial charge in [-0.25, -0.2) is 0 Å². The van der Waals surface area contributed by atoms with E-state index < -0.39 is 17.7 Å². The number of ether oxygens (including phenoxy) is 3. The molecule has 0 saturated carbocycles. The molecule has 8 nitrogen and oxygen atoms in total. The molecule has 1 amide bonds. The molecule has 2 saturated heterocycles. The first-order valence-electron chi connectivity index (χ1n) is 13.3. The van der Waals surface area contributed by atoms with Crippen molar-refractivity contribution in [2.24, 2.45) is 0 Å². The first-order valence-corrected chi connectivity index (χ1v) is 13.3. The van der Waals surface area contributed by atoms with Gasteiger partial charge in [0.15, 0.2) is 11.5 Å². The molecular formula is C30H36N2O6. The van der Waals surface area contributed by atoms with Crippen LogP contribution in [0.3, 0.4) is 0 Å². The number of hydrogen-bond donors (Lipinski definition) is 1. The molecular weight excluding hydrogens is 484 g/mol. The highest BCUT2D eigenvalue weighted by atomic mass is 16.6. The lowest BCUT2D eigenvalue weighted by molar-refractivity contribution is -0.140. The van der Waals surface area contributed by atoms with Crippen LogP contribution in [0.25, 0.3) is 5.76 Å². The van der Waals surface area contributed by atoms with E-state index in [0.29, 0.717) is 56.5 Å². The minimum atomic E-state index is -0.679. The van der Waals surface area contributed by atoms with Gasteiger partial charge in [0, 0.05) is 31.7 Å². The SMILES string of the molecule is CC(C)(C)c1ccc([C@H]2/C(=C(\O)c3ccc4c(c3)OCCO4)C(=O)C(=O)N2CCCN2CCOCC2)cc1. The van der Waals surface area contributed by atoms with Crippen LogP contribution in [0.4, 0.5) is 0 Å². The number of carbonyl (C=O) groups excluding carboxylic acids is 2. The van der Waals surface area contributed by atoms with Gasteiger partial charge in [0.1, 0.15) is 19.0 Å². The van der Waals surface area contributed by atoms with E-state index in [9.17, 15) is 14.7 Å². The Morgan fingerprint density at radius 2 is 1.61 bits per heavy atom. The Morgan fingerprint density at radius 3 is 2.29 bits per heavy atom. The Hall–Kier alpha value is -3.36. The molecule has 8 heteroatoms. The summed E-state index contributed by atoms with van der Waals surface area (Å²) in [5.74, 6) is -0.373. The lowest BCUT2D eigenvalue weighted by atomic mass is 9.85. The fraction of sp³-hybridized carbons (Fsp3) is 0.467. The van der Waals surface area contributed by atoms with Gasteiger partial charge in [0.05, 0.1) is 24.8 Å². The molecule has 0 radical (unpaired) electrons. The molecule has 3 aliphatic heterocycles. The lowest BCUT2D eigenvalue weighted by Crippen LogP contribution is -2.39. The predicted octanol–water partition coefficient (Wildman–Crippen LogP) is 3.90. The summed E-state index contributed by atoms with van der Waals surface area (Å²) in [4.78, 5) is 30.6. The monoisotopic (exact) mass is 520 g/mol. The molecule has 3 aliphatic rings. The number of hydrogen-bond acceptors (Lipinski definition) is 7. The zero-order valence-corrected chi connectivity index (χ0v) is 22.4. The van der Waals surface area contributed by atoms with E-state index in [1.54, 1.807) is 23.1 Å². The van der Waals surface area contributed by atoms with Gasteiger partial charge in [-0.2, -0.15) is 0 Å². The zero-order valence-electron chi connectivity index (χ0n) is 22.4. The number of aliphatic hydroxyl groups is 1. The van der Waals surface area contributed by atoms with E-state index in [0.717, 1.165) is 30.8 Å². The summed E-state index contributed by atoms with van der Waals surface area (Å²) in [5.41, 5.74) is 2.42. The fourth-order valence-electron chi connectivity index (χ4n) is 5.26. The van der Waals surface area contributed by atoms with Crippen LogP contribution in [0, 0.1) is 0 Å². The molecule has 0 aliphatic carbocycles. The number of ketones is 1. The standard InChI is InChI=1S/C30H36N2O6/c1-30(2,3)22-8-5-20(6-9-22)26-25(27(33)21-7-10-23-24(19-21)38-18-17-37-23)28(34)29(35)32(26)12-4-11-31-13-15-36-16-14-31/h5-10,19,26,33H,4,11-18H2,1-3H3/b27-25+/t26-/m0/s1. The highest BCUT2D eigenvalue weighted by molar-refractivity contribution is 6.46. The number of Topliss-reactive ketones (excluding diaryl/α,β-unsaturated/α-hetero) is 1. The van der Waals surface area contributed by atoms with E-state index in [1.165, 1.54) is 0 Å². The van der Waals surface area contributed by atoms with Crippen molar-refractivity contribution >= 4 is 17.4 Å². The summed E-state index contributed by atoms with van der Waals surface area (Å²) in [6.45, 7) is 11.6. The molecule has 5 rings (SSSR count). The van der Waals surface area contributed by atoms with E-state index in [-0.39, 0.29) is 16.7 Å². The third kappa shape index (κ3) is 5.28. The third-order valence-electron chi connectivity index (χ3n) is 7.43. The van der Waals surface area contributed by atoms with Crippen LogP contribution in [0.15, 0.2) is 48.0 Å². The number of aliphatic hydroxyl groups excluding tert-OH is 1. The first-order chi connectivity index (χ1) is 18.2. The van der Waals surface area contributed by atoms with Crippen LogP contribution in [0.5, 0.6) is 11.5 Å². The van der Waals surface area contributed by atoms with Crippen molar-refractivity contribution < 1.29 is 28.9 Å². The number of carbonyl (C=O) groups is 2. The fourth-order valence-corrected chi connectivity index (χ4v) is 5.26. The summed E-state index contributed by atoms with van der Waals surface area (Å²) < 4.78 is 16.7. The molecule has 2 aromatic carbocycles. The van der Waals surface area contributed by atoms with Crippen molar-refractivity contribution in [3.05, 3.63) is 64.7 Å². The van der Waals surface area contributed by atoms with E-state index >= 15 is 0 Å². The predicted molar refractivity (Wildman–Crippen MR) is 143 cm³/mol. The number of nitrogens with zero attached hydrogens (tertiary/aromatic N) is 2. The summed E-state index contributed by atoms with van der Waals surface area (Å²) in [5, 5.41) is 11.4. The molecule has 38 heavy (non-hydrogen) atoms. The molecule has 1 atom stereocenters. The quantitative estimate of drug-likeness (QED) is 0.351. The summed E-state index contributed by atoms with van der Waals surface area (Å²) in [6.07, 6.45) is 0.716. The Kier molecular flexibility index (Phi) is 7.45. The number of amides is 1. The normalized spacial score (nSPS) is 21.7. The molecule has 0 aromatic heterocycles. The lowest BCUT2D eigenvalue weighted by Gasteiger charge is -2.29. The van der Waals surface area contributed by atoms with Crippen LogP contribution in [-0.4, -0.2) is 79.2 Å². The molecule has 1 N–H and O–H groups in total. The van der Waals surface area contributed by atoms with Crippen LogP contribution in [0.1, 0.15) is 49.9 Å². The van der Waals surface area contributed by atoms with E-state index in [4.69, 9.17) is 14.2 Å². The van der Waals surface area contributed by atoms with Crippen LogP contribution >= 0.6 is 0 Å². The third-order valence-corrected chi connectivity index (χ3v) is 7.43. The van der Waals surface area contributed by atoms with Gasteiger partial charge in [0.2, 0.25) is 0 Å². The summed E-state index contributed by atoms with van der Waals surface area (Å²) in [7, 11) is 0. The number of rotatable bonds is 6. The second-order valence-corrected chi connectivity index (χ2v) is 11.0. The van der Waals surface area contributed by atoms with Crippen molar-refractivity contribution in [2.45, 2.75) is 38.6 Å². The largest absolute Gasteiger partial charge is 0.507 e. The molecule has 0 bridgehead atoms. The number of benzene rings is 2. The summed E-state index contributed by atoms with van der Waals surface area (Å²) >= 11 is 0. The number of morpholine rings is 1. The highest BCUT2D eigenvalue weighted by Crippen LogP contribution is 2.41. The smallest absolute Gasteiger partial charge is 0.295 e. The first kappa shape index (κ1) is 26.3. The number of likely N-dealkylation sites (tertiary alicyclic amines) is 1. The Morgan fingerprint density at radius 1 is 0.921 bits per heavy atom. The summed E-state index contributed by atoms with van der Waals surface area (Å²) in [6, 6.07) is 12.4.